The number of hydrogen-bond acceptors (Lipinski definition) is 4. The monoisotopic (exact) mass is 450 g/mol. The number of carbonyl (C=O) groups excluding carboxylic acids is 2. The van der Waals surface area contributed by atoms with Gasteiger partial charge in [-0.2, -0.15) is 0 Å². The molecule has 4 rings (SSSR count). The second-order valence-electron chi connectivity index (χ2n) is 9.01. The quantitative estimate of drug-likeness (QED) is 0.616. The average molecular weight is 451 g/mol. The summed E-state index contributed by atoms with van der Waals surface area (Å²) >= 11 is 0. The Bertz CT molecular complexity index is 982. The summed E-state index contributed by atoms with van der Waals surface area (Å²) in [6.45, 7) is 5.02. The van der Waals surface area contributed by atoms with E-state index in [1.54, 1.807) is 12.0 Å². The molecule has 1 aliphatic heterocycles. The molecule has 33 heavy (non-hydrogen) atoms. The van der Waals surface area contributed by atoms with E-state index in [9.17, 15) is 9.59 Å². The van der Waals surface area contributed by atoms with Gasteiger partial charge in [0.1, 0.15) is 12.6 Å². The van der Waals surface area contributed by atoms with Gasteiger partial charge in [-0.05, 0) is 49.9 Å². The second-order valence-corrected chi connectivity index (χ2v) is 9.01. The van der Waals surface area contributed by atoms with E-state index in [1.807, 2.05) is 61.2 Å². The number of hydrogen-bond donors (Lipinski definition) is 0. The third kappa shape index (κ3) is 5.00. The van der Waals surface area contributed by atoms with Crippen molar-refractivity contribution in [1.82, 2.24) is 9.80 Å². The number of benzene rings is 2. The van der Waals surface area contributed by atoms with Crippen molar-refractivity contribution < 1.29 is 19.1 Å². The number of carbonyl (C=O) groups is 2. The zero-order valence-electron chi connectivity index (χ0n) is 19.9. The minimum Gasteiger partial charge on any atom is -0.493 e. The van der Waals surface area contributed by atoms with E-state index in [1.165, 1.54) is 6.42 Å². The molecule has 1 aliphatic carbocycles. The van der Waals surface area contributed by atoms with Crippen molar-refractivity contribution in [3.8, 4) is 11.5 Å². The lowest BCUT2D eigenvalue weighted by Crippen LogP contribution is -2.58. The number of amides is 2. The lowest BCUT2D eigenvalue weighted by atomic mass is 9.91. The highest BCUT2D eigenvalue weighted by molar-refractivity contribution is 5.96. The van der Waals surface area contributed by atoms with E-state index in [-0.39, 0.29) is 24.4 Å². The number of rotatable bonds is 7. The van der Waals surface area contributed by atoms with Gasteiger partial charge in [-0.3, -0.25) is 9.59 Å². The maximum Gasteiger partial charge on any atom is 0.250 e. The van der Waals surface area contributed by atoms with E-state index in [4.69, 9.17) is 9.47 Å². The molecule has 2 aromatic carbocycles. The summed E-state index contributed by atoms with van der Waals surface area (Å²) < 4.78 is 11.2. The molecule has 0 aromatic heterocycles. The average Bonchev–Trinajstić information content (AvgIpc) is 2.84. The van der Waals surface area contributed by atoms with E-state index >= 15 is 0 Å². The minimum atomic E-state index is -0.681. The first kappa shape index (κ1) is 23.1. The van der Waals surface area contributed by atoms with Crippen LogP contribution < -0.4 is 9.47 Å². The SMILES string of the molecule is CCOc1ccc([C@H]2C(=O)N(C3CCCCC3)CC(=O)N2Cc2ccc(C)cc2)cc1OC. The second kappa shape index (κ2) is 10.3. The molecule has 0 N–H and O–H groups in total. The Balaban J connectivity index is 1.71. The minimum absolute atomic E-state index is 0.000162. The zero-order valence-corrected chi connectivity index (χ0v) is 19.9. The Morgan fingerprint density at radius 1 is 0.970 bits per heavy atom. The van der Waals surface area contributed by atoms with Gasteiger partial charge in [0.05, 0.1) is 13.7 Å². The molecule has 176 valence electrons. The fourth-order valence-corrected chi connectivity index (χ4v) is 4.97. The van der Waals surface area contributed by atoms with Crippen molar-refractivity contribution in [2.75, 3.05) is 20.3 Å². The molecule has 6 nitrogen and oxygen atoms in total. The number of aryl methyl sites for hydroxylation is 1. The Morgan fingerprint density at radius 2 is 1.70 bits per heavy atom. The molecule has 2 aliphatic rings. The number of piperazine rings is 1. The summed E-state index contributed by atoms with van der Waals surface area (Å²) in [6, 6.07) is 13.1. The summed E-state index contributed by atoms with van der Waals surface area (Å²) in [5, 5.41) is 0. The molecule has 2 aromatic rings. The number of ether oxygens (including phenoxy) is 2. The fraction of sp³-hybridized carbons (Fsp3) is 0.481. The van der Waals surface area contributed by atoms with E-state index in [2.05, 4.69) is 0 Å². The predicted octanol–water partition coefficient (Wildman–Crippen LogP) is 4.65. The number of methoxy groups -OCH3 is 1. The molecule has 1 atom stereocenters. The van der Waals surface area contributed by atoms with Crippen LogP contribution in [0.2, 0.25) is 0 Å². The highest BCUT2D eigenvalue weighted by atomic mass is 16.5. The Kier molecular flexibility index (Phi) is 7.21. The maximum atomic E-state index is 13.9. The molecule has 0 radical (unpaired) electrons. The lowest BCUT2D eigenvalue weighted by molar-refractivity contribution is -0.160. The molecule has 6 heteroatoms. The van der Waals surface area contributed by atoms with Crippen LogP contribution in [0.4, 0.5) is 0 Å². The summed E-state index contributed by atoms with van der Waals surface area (Å²) in [5.74, 6) is 1.19. The van der Waals surface area contributed by atoms with Crippen molar-refractivity contribution >= 4 is 11.8 Å². The van der Waals surface area contributed by atoms with Crippen LogP contribution in [0.1, 0.15) is 61.8 Å². The first-order valence-electron chi connectivity index (χ1n) is 12.0. The van der Waals surface area contributed by atoms with Crippen LogP contribution in [-0.4, -0.2) is 47.9 Å². The van der Waals surface area contributed by atoms with Crippen molar-refractivity contribution in [3.63, 3.8) is 0 Å². The van der Waals surface area contributed by atoms with E-state index in [0.29, 0.717) is 24.7 Å². The topological polar surface area (TPSA) is 59.1 Å². The van der Waals surface area contributed by atoms with Gasteiger partial charge in [0, 0.05) is 12.6 Å². The highest BCUT2D eigenvalue weighted by Gasteiger charge is 2.43. The summed E-state index contributed by atoms with van der Waals surface area (Å²) in [4.78, 5) is 30.9. The van der Waals surface area contributed by atoms with Gasteiger partial charge in [0.15, 0.2) is 11.5 Å². The van der Waals surface area contributed by atoms with Crippen molar-refractivity contribution in [1.29, 1.82) is 0 Å². The van der Waals surface area contributed by atoms with Gasteiger partial charge < -0.3 is 19.3 Å². The lowest BCUT2D eigenvalue weighted by Gasteiger charge is -2.44. The fourth-order valence-electron chi connectivity index (χ4n) is 4.97. The molecule has 1 heterocycles. The van der Waals surface area contributed by atoms with E-state index < -0.39 is 6.04 Å². The first-order valence-corrected chi connectivity index (χ1v) is 12.0. The van der Waals surface area contributed by atoms with E-state index in [0.717, 1.165) is 42.4 Å². The van der Waals surface area contributed by atoms with Crippen LogP contribution in [0, 0.1) is 6.92 Å². The van der Waals surface area contributed by atoms with Gasteiger partial charge in [-0.1, -0.05) is 55.2 Å². The third-order valence-electron chi connectivity index (χ3n) is 6.75. The van der Waals surface area contributed by atoms with Gasteiger partial charge in [0.25, 0.3) is 5.91 Å². The Morgan fingerprint density at radius 3 is 2.36 bits per heavy atom. The molecular weight excluding hydrogens is 416 g/mol. The standard InChI is InChI=1S/C27H34N2O4/c1-4-33-23-15-14-21(16-24(23)32-3)26-27(31)28(22-8-6-5-7-9-22)18-25(30)29(26)17-20-12-10-19(2)11-13-20/h10-16,22,26H,4-9,17-18H2,1-3H3/t26-/m0/s1. The molecule has 1 saturated carbocycles. The molecule has 0 spiro atoms. The molecule has 1 saturated heterocycles. The van der Waals surface area contributed by atoms with Crippen molar-refractivity contribution in [2.45, 2.75) is 64.6 Å². The smallest absolute Gasteiger partial charge is 0.250 e. The van der Waals surface area contributed by atoms with Gasteiger partial charge in [0.2, 0.25) is 5.91 Å². The normalized spacial score (nSPS) is 19.7. The summed E-state index contributed by atoms with van der Waals surface area (Å²) in [5.41, 5.74) is 2.92. The highest BCUT2D eigenvalue weighted by Crippen LogP contribution is 2.37. The van der Waals surface area contributed by atoms with Crippen LogP contribution in [0.5, 0.6) is 11.5 Å². The number of nitrogens with zero attached hydrogens (tertiary/aromatic N) is 2. The van der Waals surface area contributed by atoms with Gasteiger partial charge >= 0.3 is 0 Å². The molecule has 0 unspecified atom stereocenters. The zero-order chi connectivity index (χ0) is 23.4. The molecule has 2 fully saturated rings. The molecule has 0 bridgehead atoms. The van der Waals surface area contributed by atoms with Crippen LogP contribution in [0.3, 0.4) is 0 Å². The van der Waals surface area contributed by atoms with Crippen LogP contribution in [0.15, 0.2) is 42.5 Å². The summed E-state index contributed by atoms with van der Waals surface area (Å²) in [6.07, 6.45) is 5.35. The Labute approximate surface area is 196 Å². The molecular formula is C27H34N2O4. The van der Waals surface area contributed by atoms with Gasteiger partial charge in [-0.25, -0.2) is 0 Å². The van der Waals surface area contributed by atoms with Crippen LogP contribution in [0.25, 0.3) is 0 Å². The maximum absolute atomic E-state index is 13.9. The third-order valence-corrected chi connectivity index (χ3v) is 6.75. The molecule has 2 amide bonds. The first-order chi connectivity index (χ1) is 16.0. The van der Waals surface area contributed by atoms with Crippen LogP contribution >= 0.6 is 0 Å². The predicted molar refractivity (Wildman–Crippen MR) is 127 cm³/mol. The van der Waals surface area contributed by atoms with Crippen molar-refractivity contribution in [3.05, 3.63) is 59.2 Å². The summed E-state index contributed by atoms with van der Waals surface area (Å²) in [7, 11) is 1.59. The largest absolute Gasteiger partial charge is 0.493 e. The van der Waals surface area contributed by atoms with Crippen LogP contribution in [-0.2, 0) is 16.1 Å². The van der Waals surface area contributed by atoms with Gasteiger partial charge in [-0.15, -0.1) is 0 Å². The van der Waals surface area contributed by atoms with Crippen molar-refractivity contribution in [2.24, 2.45) is 0 Å². The Hall–Kier alpha value is -3.02.